The van der Waals surface area contributed by atoms with Crippen molar-refractivity contribution in [1.29, 1.82) is 0 Å². The van der Waals surface area contributed by atoms with E-state index in [1.807, 2.05) is 25.1 Å². The van der Waals surface area contributed by atoms with Gasteiger partial charge < -0.3 is 20.7 Å². The van der Waals surface area contributed by atoms with Gasteiger partial charge in [0.15, 0.2) is 0 Å². The number of benzene rings is 1. The second-order valence-electron chi connectivity index (χ2n) is 6.95. The first-order chi connectivity index (χ1) is 12.2. The van der Waals surface area contributed by atoms with E-state index in [0.717, 1.165) is 5.56 Å². The maximum atomic E-state index is 12.0. The topological polar surface area (TPSA) is 96.5 Å². The van der Waals surface area contributed by atoms with E-state index in [2.05, 4.69) is 16.0 Å². The van der Waals surface area contributed by atoms with Gasteiger partial charge in [-0.1, -0.05) is 18.2 Å². The number of carbonyl (C=O) groups excluding carboxylic acids is 3. The Morgan fingerprint density at radius 1 is 0.962 bits per heavy atom. The molecule has 0 saturated heterocycles. The van der Waals surface area contributed by atoms with E-state index < -0.39 is 11.7 Å². The van der Waals surface area contributed by atoms with Crippen LogP contribution in [0.15, 0.2) is 24.3 Å². The van der Waals surface area contributed by atoms with Gasteiger partial charge in [-0.05, 0) is 45.7 Å². The molecule has 26 heavy (non-hydrogen) atoms. The third kappa shape index (κ3) is 9.05. The van der Waals surface area contributed by atoms with Crippen LogP contribution in [0.3, 0.4) is 0 Å². The number of ether oxygens (including phenoxy) is 1. The number of nitrogens with one attached hydrogen (secondary N) is 3. The molecule has 0 saturated carbocycles. The van der Waals surface area contributed by atoms with Crippen molar-refractivity contribution < 1.29 is 19.1 Å². The summed E-state index contributed by atoms with van der Waals surface area (Å²) >= 11 is 0. The Hall–Kier alpha value is -2.57. The van der Waals surface area contributed by atoms with Crippen LogP contribution in [0.1, 0.15) is 49.5 Å². The van der Waals surface area contributed by atoms with Crippen LogP contribution in [-0.2, 0) is 9.53 Å². The second kappa shape index (κ2) is 10.4. The van der Waals surface area contributed by atoms with E-state index >= 15 is 0 Å². The van der Waals surface area contributed by atoms with E-state index in [1.165, 1.54) is 0 Å². The fourth-order valence-corrected chi connectivity index (χ4v) is 2.12. The smallest absolute Gasteiger partial charge is 0.407 e. The van der Waals surface area contributed by atoms with Gasteiger partial charge in [-0.3, -0.25) is 9.59 Å². The van der Waals surface area contributed by atoms with Gasteiger partial charge >= 0.3 is 6.09 Å². The summed E-state index contributed by atoms with van der Waals surface area (Å²) < 4.78 is 5.08. The Labute approximate surface area is 154 Å². The van der Waals surface area contributed by atoms with E-state index in [4.69, 9.17) is 4.74 Å². The highest BCUT2D eigenvalue weighted by Crippen LogP contribution is 2.07. The SMILES string of the molecule is Cc1ccccc1C(=O)NCCCNC(=O)CCNC(=O)OC(C)(C)C. The van der Waals surface area contributed by atoms with Crippen LogP contribution >= 0.6 is 0 Å². The molecule has 7 nitrogen and oxygen atoms in total. The van der Waals surface area contributed by atoms with Crippen LogP contribution in [0.4, 0.5) is 4.79 Å². The van der Waals surface area contributed by atoms with Crippen LogP contribution in [0.2, 0.25) is 0 Å². The van der Waals surface area contributed by atoms with Gasteiger partial charge in [0.05, 0.1) is 0 Å². The Kier molecular flexibility index (Phi) is 8.61. The highest BCUT2D eigenvalue weighted by atomic mass is 16.6. The minimum absolute atomic E-state index is 0.115. The van der Waals surface area contributed by atoms with Crippen molar-refractivity contribution in [2.24, 2.45) is 0 Å². The molecule has 0 fully saturated rings. The van der Waals surface area contributed by atoms with Gasteiger partial charge in [0.1, 0.15) is 5.60 Å². The molecule has 0 unspecified atom stereocenters. The van der Waals surface area contributed by atoms with E-state index in [9.17, 15) is 14.4 Å². The van der Waals surface area contributed by atoms with E-state index in [0.29, 0.717) is 25.1 Å². The average Bonchev–Trinajstić information content (AvgIpc) is 2.53. The summed E-state index contributed by atoms with van der Waals surface area (Å²) in [5.41, 5.74) is 1.02. The molecule has 0 heterocycles. The molecule has 144 valence electrons. The van der Waals surface area contributed by atoms with Crippen LogP contribution in [0.25, 0.3) is 0 Å². The molecule has 3 N–H and O–H groups in total. The zero-order valence-corrected chi connectivity index (χ0v) is 16.0. The third-order valence-corrected chi connectivity index (χ3v) is 3.37. The molecule has 0 bridgehead atoms. The lowest BCUT2D eigenvalue weighted by Crippen LogP contribution is -2.35. The number of rotatable bonds is 8. The molecule has 3 amide bonds. The van der Waals surface area contributed by atoms with Crippen LogP contribution in [0, 0.1) is 6.92 Å². The molecule has 0 atom stereocenters. The fourth-order valence-electron chi connectivity index (χ4n) is 2.12. The average molecular weight is 363 g/mol. The standard InChI is InChI=1S/C19H29N3O4/c1-14-8-5-6-9-15(14)17(24)21-12-7-11-20-16(23)10-13-22-18(25)26-19(2,3)4/h5-6,8-9H,7,10-13H2,1-4H3,(H,20,23)(H,21,24)(H,22,25). The van der Waals surface area contributed by atoms with Gasteiger partial charge in [0.2, 0.25) is 5.91 Å². The molecule has 0 radical (unpaired) electrons. The molecule has 1 aromatic rings. The first kappa shape index (κ1) is 21.5. The molecule has 1 rings (SSSR count). The van der Waals surface area contributed by atoms with Gasteiger partial charge in [-0.15, -0.1) is 0 Å². The van der Waals surface area contributed by atoms with Crippen molar-refractivity contribution >= 4 is 17.9 Å². The highest BCUT2D eigenvalue weighted by Gasteiger charge is 2.15. The summed E-state index contributed by atoms with van der Waals surface area (Å²) in [4.78, 5) is 35.1. The minimum Gasteiger partial charge on any atom is -0.444 e. The molecule has 0 spiro atoms. The Bertz CT molecular complexity index is 623. The molecule has 0 aliphatic carbocycles. The van der Waals surface area contributed by atoms with Crippen LogP contribution in [0.5, 0.6) is 0 Å². The summed E-state index contributed by atoms with van der Waals surface area (Å²) in [5.74, 6) is -0.276. The number of carbonyl (C=O) groups is 3. The zero-order chi connectivity index (χ0) is 19.6. The summed E-state index contributed by atoms with van der Waals surface area (Å²) in [6.45, 7) is 8.36. The number of amides is 3. The molecule has 0 aliphatic rings. The first-order valence-corrected chi connectivity index (χ1v) is 8.76. The van der Waals surface area contributed by atoms with Crippen molar-refractivity contribution in [3.63, 3.8) is 0 Å². The summed E-state index contributed by atoms with van der Waals surface area (Å²) in [5, 5.41) is 8.11. The van der Waals surface area contributed by atoms with Gasteiger partial charge in [-0.25, -0.2) is 4.79 Å². The van der Waals surface area contributed by atoms with E-state index in [1.54, 1.807) is 26.8 Å². The van der Waals surface area contributed by atoms with Crippen molar-refractivity contribution in [3.8, 4) is 0 Å². The first-order valence-electron chi connectivity index (χ1n) is 8.76. The Morgan fingerprint density at radius 2 is 1.62 bits per heavy atom. The van der Waals surface area contributed by atoms with Crippen molar-refractivity contribution in [2.75, 3.05) is 19.6 Å². The van der Waals surface area contributed by atoms with Gasteiger partial charge in [0, 0.05) is 31.6 Å². The molecule has 1 aromatic carbocycles. The van der Waals surface area contributed by atoms with E-state index in [-0.39, 0.29) is 24.8 Å². The minimum atomic E-state index is -0.560. The number of hydrogen-bond acceptors (Lipinski definition) is 4. The normalized spacial score (nSPS) is 10.8. The number of aryl methyl sites for hydroxylation is 1. The maximum absolute atomic E-state index is 12.0. The summed E-state index contributed by atoms with van der Waals surface area (Å²) in [6.07, 6.45) is 0.265. The largest absolute Gasteiger partial charge is 0.444 e. The fraction of sp³-hybridized carbons (Fsp3) is 0.526. The van der Waals surface area contributed by atoms with Crippen molar-refractivity contribution in [1.82, 2.24) is 16.0 Å². The highest BCUT2D eigenvalue weighted by molar-refractivity contribution is 5.95. The predicted octanol–water partition coefficient (Wildman–Crippen LogP) is 2.15. The quantitative estimate of drug-likeness (QED) is 0.617. The van der Waals surface area contributed by atoms with Crippen LogP contribution in [-0.4, -0.2) is 43.1 Å². The lowest BCUT2D eigenvalue weighted by atomic mass is 10.1. The van der Waals surface area contributed by atoms with Gasteiger partial charge in [-0.2, -0.15) is 0 Å². The second-order valence-corrected chi connectivity index (χ2v) is 6.95. The molecular formula is C19H29N3O4. The summed E-state index contributed by atoms with van der Waals surface area (Å²) in [6, 6.07) is 7.39. The molecular weight excluding hydrogens is 334 g/mol. The van der Waals surface area contributed by atoms with Crippen molar-refractivity contribution in [2.45, 2.75) is 46.1 Å². The molecule has 0 aromatic heterocycles. The monoisotopic (exact) mass is 363 g/mol. The number of alkyl carbamates (subject to hydrolysis) is 1. The Balaban J connectivity index is 2.11. The maximum Gasteiger partial charge on any atom is 0.407 e. The van der Waals surface area contributed by atoms with Crippen molar-refractivity contribution in [3.05, 3.63) is 35.4 Å². The lowest BCUT2D eigenvalue weighted by molar-refractivity contribution is -0.120. The molecule has 0 aliphatic heterocycles. The summed E-state index contributed by atoms with van der Waals surface area (Å²) in [7, 11) is 0. The van der Waals surface area contributed by atoms with Crippen LogP contribution < -0.4 is 16.0 Å². The number of hydrogen-bond donors (Lipinski definition) is 3. The predicted molar refractivity (Wildman–Crippen MR) is 100.0 cm³/mol. The zero-order valence-electron chi connectivity index (χ0n) is 16.0. The Morgan fingerprint density at radius 3 is 2.27 bits per heavy atom. The lowest BCUT2D eigenvalue weighted by Gasteiger charge is -2.19. The molecule has 7 heteroatoms. The third-order valence-electron chi connectivity index (χ3n) is 3.37. The van der Waals surface area contributed by atoms with Gasteiger partial charge in [0.25, 0.3) is 5.91 Å².